The zero-order valence-corrected chi connectivity index (χ0v) is 18.9. The quantitative estimate of drug-likeness (QED) is 0.552. The molecule has 0 aliphatic heterocycles. The lowest BCUT2D eigenvalue weighted by Gasteiger charge is -2.26. The van der Waals surface area contributed by atoms with Crippen LogP contribution in [0.4, 0.5) is 10.5 Å². The molecular weight excluding hydrogens is 459 g/mol. The number of halogens is 3. The number of nitrogens with one attached hydrogen (secondary N) is 1. The minimum Gasteiger partial charge on any atom is -0.453 e. The third-order valence-corrected chi connectivity index (χ3v) is 6.76. The largest absolute Gasteiger partial charge is 0.453 e. The topological polar surface area (TPSA) is 75.7 Å². The van der Waals surface area contributed by atoms with Crippen molar-refractivity contribution in [1.82, 2.24) is 5.32 Å². The van der Waals surface area contributed by atoms with Crippen LogP contribution in [0.1, 0.15) is 19.8 Å². The van der Waals surface area contributed by atoms with Crippen LogP contribution in [0.25, 0.3) is 0 Å². The van der Waals surface area contributed by atoms with Gasteiger partial charge in [-0.25, -0.2) is 13.2 Å². The van der Waals surface area contributed by atoms with Crippen molar-refractivity contribution >= 4 is 56.6 Å². The number of carbonyl (C=O) groups is 1. The van der Waals surface area contributed by atoms with E-state index >= 15 is 0 Å². The Bertz CT molecular complexity index is 952. The van der Waals surface area contributed by atoms with Crippen LogP contribution in [0.15, 0.2) is 47.4 Å². The van der Waals surface area contributed by atoms with Gasteiger partial charge in [-0.1, -0.05) is 34.8 Å². The number of amides is 1. The second-order valence-corrected chi connectivity index (χ2v) is 9.45. The van der Waals surface area contributed by atoms with Gasteiger partial charge in [-0.2, -0.15) is 0 Å². The summed E-state index contributed by atoms with van der Waals surface area (Å²) < 4.78 is 32.4. The van der Waals surface area contributed by atoms with Crippen molar-refractivity contribution in [3.05, 3.63) is 57.5 Å². The number of ether oxygens (including phenoxy) is 1. The number of hydrogen-bond donors (Lipinski definition) is 1. The third kappa shape index (κ3) is 6.40. The summed E-state index contributed by atoms with van der Waals surface area (Å²) in [6.45, 7) is 1.94. The van der Waals surface area contributed by atoms with Crippen molar-refractivity contribution in [2.75, 3.05) is 18.0 Å². The van der Waals surface area contributed by atoms with Gasteiger partial charge in [-0.3, -0.25) is 4.31 Å². The molecule has 0 bridgehead atoms. The zero-order chi connectivity index (χ0) is 21.6. The minimum atomic E-state index is -3.92. The average Bonchev–Trinajstić information content (AvgIpc) is 2.67. The molecule has 29 heavy (non-hydrogen) atoms. The SMILES string of the molecule is COC(=O)NC(C)CCCN(c1cc(Cl)ccc1Cl)S(=O)(=O)c1ccc(Cl)cc1. The highest BCUT2D eigenvalue weighted by atomic mass is 35.5. The minimum absolute atomic E-state index is 0.0821. The van der Waals surface area contributed by atoms with Gasteiger partial charge in [0.25, 0.3) is 10.0 Å². The maximum atomic E-state index is 13.3. The summed E-state index contributed by atoms with van der Waals surface area (Å²) in [5.41, 5.74) is 0.280. The first-order valence-corrected chi connectivity index (χ1v) is 11.3. The summed E-state index contributed by atoms with van der Waals surface area (Å²) in [4.78, 5) is 11.4. The average molecular weight is 480 g/mol. The van der Waals surface area contributed by atoms with E-state index in [1.54, 1.807) is 19.1 Å². The van der Waals surface area contributed by atoms with Crippen LogP contribution in [-0.2, 0) is 14.8 Å². The summed E-state index contributed by atoms with van der Waals surface area (Å²) >= 11 is 18.2. The summed E-state index contributed by atoms with van der Waals surface area (Å²) in [7, 11) is -2.63. The van der Waals surface area contributed by atoms with Crippen molar-refractivity contribution in [2.24, 2.45) is 0 Å². The molecule has 0 heterocycles. The van der Waals surface area contributed by atoms with Crippen molar-refractivity contribution < 1.29 is 17.9 Å². The van der Waals surface area contributed by atoms with E-state index in [1.807, 2.05) is 0 Å². The summed E-state index contributed by atoms with van der Waals surface area (Å²) in [6, 6.07) is 10.3. The van der Waals surface area contributed by atoms with Crippen molar-refractivity contribution in [3.8, 4) is 0 Å². The van der Waals surface area contributed by atoms with Crippen LogP contribution >= 0.6 is 34.8 Å². The Hall–Kier alpha value is -1.67. The molecule has 2 aromatic rings. The highest BCUT2D eigenvalue weighted by molar-refractivity contribution is 7.92. The van der Waals surface area contributed by atoms with Gasteiger partial charge in [-0.15, -0.1) is 0 Å². The van der Waals surface area contributed by atoms with E-state index in [9.17, 15) is 13.2 Å². The van der Waals surface area contributed by atoms with Crippen LogP contribution < -0.4 is 9.62 Å². The molecule has 0 radical (unpaired) electrons. The number of anilines is 1. The number of rotatable bonds is 8. The highest BCUT2D eigenvalue weighted by Crippen LogP contribution is 2.33. The molecule has 0 saturated carbocycles. The van der Waals surface area contributed by atoms with E-state index in [0.29, 0.717) is 22.9 Å². The third-order valence-electron chi connectivity index (χ3n) is 4.13. The van der Waals surface area contributed by atoms with E-state index in [4.69, 9.17) is 34.8 Å². The lowest BCUT2D eigenvalue weighted by atomic mass is 10.2. The van der Waals surface area contributed by atoms with Gasteiger partial charge in [0.2, 0.25) is 0 Å². The Morgan fingerprint density at radius 2 is 1.72 bits per heavy atom. The first-order chi connectivity index (χ1) is 13.6. The van der Waals surface area contributed by atoms with Crippen molar-refractivity contribution in [2.45, 2.75) is 30.7 Å². The Kier molecular flexibility index (Phi) is 8.46. The maximum absolute atomic E-state index is 13.3. The standard InChI is InChI=1S/C19H21Cl3N2O4S/c1-13(23-19(25)28-2)4-3-11-24(18-12-15(21)7-10-17(18)22)29(26,27)16-8-5-14(20)6-9-16/h5-10,12-13H,3-4,11H2,1-2H3,(H,23,25). The molecule has 0 aliphatic rings. The van der Waals surface area contributed by atoms with Crippen LogP contribution in [0.2, 0.25) is 15.1 Å². The predicted molar refractivity (Wildman–Crippen MR) is 117 cm³/mol. The van der Waals surface area contributed by atoms with Gasteiger partial charge < -0.3 is 10.1 Å². The van der Waals surface area contributed by atoms with Crippen molar-refractivity contribution in [3.63, 3.8) is 0 Å². The monoisotopic (exact) mass is 478 g/mol. The lowest BCUT2D eigenvalue weighted by Crippen LogP contribution is -2.35. The van der Waals surface area contributed by atoms with E-state index < -0.39 is 16.1 Å². The van der Waals surface area contributed by atoms with E-state index in [-0.39, 0.29) is 28.2 Å². The molecule has 1 unspecified atom stereocenters. The first-order valence-electron chi connectivity index (χ1n) is 8.73. The number of alkyl carbamates (subject to hydrolysis) is 1. The van der Waals surface area contributed by atoms with E-state index in [0.717, 1.165) is 0 Å². The lowest BCUT2D eigenvalue weighted by molar-refractivity contribution is 0.167. The van der Waals surface area contributed by atoms with Gasteiger partial charge in [0.15, 0.2) is 0 Å². The van der Waals surface area contributed by atoms with Crippen LogP contribution in [0, 0.1) is 0 Å². The molecule has 1 amide bonds. The number of nitrogens with zero attached hydrogens (tertiary/aromatic N) is 1. The molecule has 0 saturated heterocycles. The molecule has 1 atom stereocenters. The van der Waals surface area contributed by atoms with Gasteiger partial charge in [-0.05, 0) is 62.2 Å². The molecule has 0 aromatic heterocycles. The Morgan fingerprint density at radius 3 is 2.34 bits per heavy atom. The molecular formula is C19H21Cl3N2O4S. The molecule has 0 fully saturated rings. The number of methoxy groups -OCH3 is 1. The Morgan fingerprint density at radius 1 is 1.10 bits per heavy atom. The van der Waals surface area contributed by atoms with Gasteiger partial charge in [0.05, 0.1) is 22.7 Å². The molecule has 0 aliphatic carbocycles. The number of benzene rings is 2. The number of hydrogen-bond acceptors (Lipinski definition) is 4. The number of sulfonamides is 1. The maximum Gasteiger partial charge on any atom is 0.407 e. The molecule has 158 valence electrons. The van der Waals surface area contributed by atoms with Crippen LogP contribution in [0.5, 0.6) is 0 Å². The smallest absolute Gasteiger partial charge is 0.407 e. The fraction of sp³-hybridized carbons (Fsp3) is 0.316. The molecule has 1 N–H and O–H groups in total. The fourth-order valence-corrected chi connectivity index (χ4v) is 4.73. The Balaban J connectivity index is 2.30. The first kappa shape index (κ1) is 23.6. The van der Waals surface area contributed by atoms with E-state index in [1.165, 1.54) is 41.7 Å². The summed E-state index contributed by atoms with van der Waals surface area (Å²) in [6.07, 6.45) is 0.446. The van der Waals surface area contributed by atoms with Gasteiger partial charge in [0, 0.05) is 22.6 Å². The number of carbonyl (C=O) groups excluding carboxylic acids is 1. The second-order valence-electron chi connectivity index (χ2n) is 6.31. The molecule has 6 nitrogen and oxygen atoms in total. The second kappa shape index (κ2) is 10.4. The van der Waals surface area contributed by atoms with E-state index in [2.05, 4.69) is 10.1 Å². The normalized spacial score (nSPS) is 12.3. The molecule has 10 heteroatoms. The molecule has 2 rings (SSSR count). The van der Waals surface area contributed by atoms with Crippen LogP contribution in [0.3, 0.4) is 0 Å². The predicted octanol–water partition coefficient (Wildman–Crippen LogP) is 5.37. The molecule has 0 spiro atoms. The van der Waals surface area contributed by atoms with Crippen LogP contribution in [-0.4, -0.2) is 34.2 Å². The van der Waals surface area contributed by atoms with Crippen molar-refractivity contribution in [1.29, 1.82) is 0 Å². The Labute approximate surface area is 185 Å². The van der Waals surface area contributed by atoms with Gasteiger partial charge >= 0.3 is 6.09 Å². The summed E-state index contributed by atoms with van der Waals surface area (Å²) in [5, 5.41) is 3.70. The zero-order valence-electron chi connectivity index (χ0n) is 15.9. The summed E-state index contributed by atoms with van der Waals surface area (Å²) in [5.74, 6) is 0. The highest BCUT2D eigenvalue weighted by Gasteiger charge is 2.27. The van der Waals surface area contributed by atoms with Gasteiger partial charge in [0.1, 0.15) is 0 Å². The fourth-order valence-electron chi connectivity index (χ4n) is 2.65. The molecule has 2 aromatic carbocycles.